The highest BCUT2D eigenvalue weighted by Crippen LogP contribution is 1.69. The summed E-state index contributed by atoms with van der Waals surface area (Å²) in [5.41, 5.74) is 10.6. The zero-order valence-electron chi connectivity index (χ0n) is 4.31. The molecule has 0 spiro atoms. The molecule has 0 aromatic heterocycles. The third-order valence-electron chi connectivity index (χ3n) is 0.814. The molecule has 7 N–H and O–H groups in total. The number of nitrogens with two attached hydrogens (primary N) is 2. The van der Waals surface area contributed by atoms with Gasteiger partial charge in [-0.05, 0) is 0 Å². The van der Waals surface area contributed by atoms with E-state index >= 15 is 0 Å². The van der Waals surface area contributed by atoms with Gasteiger partial charge in [-0.15, -0.1) is 0 Å². The van der Waals surface area contributed by atoms with Gasteiger partial charge in [0.2, 0.25) is 0 Å². The third-order valence-corrected chi connectivity index (χ3v) is 0.814. The van der Waals surface area contributed by atoms with Crippen LogP contribution in [-0.2, 0) is 0 Å². The van der Waals surface area contributed by atoms with Crippen molar-refractivity contribution in [3.63, 3.8) is 0 Å². The second-order valence-corrected chi connectivity index (χ2v) is 1.54. The summed E-state index contributed by atoms with van der Waals surface area (Å²) < 4.78 is 0. The Morgan fingerprint density at radius 1 is 1.12 bits per heavy atom. The normalized spacial score (nSPS) is 21.8. The molecule has 0 aromatic carbocycles. The highest BCUT2D eigenvalue weighted by Gasteiger charge is 2.21. The van der Waals surface area contributed by atoms with Crippen molar-refractivity contribution in [3.8, 4) is 0 Å². The molecule has 0 aliphatic carbocycles. The van der Waals surface area contributed by atoms with Gasteiger partial charge in [0, 0.05) is 0 Å². The first kappa shape index (κ1) is 6.06. The van der Waals surface area contributed by atoms with Gasteiger partial charge in [0.1, 0.15) is 6.67 Å². The molecule has 42 valence electrons. The number of hydrogen-bond donors (Lipinski definition) is 5. The van der Waals surface area contributed by atoms with Crippen LogP contribution in [0.25, 0.3) is 0 Å². The molecule has 8 heavy (non-hydrogen) atoms. The molecule has 1 aliphatic heterocycles. The molecule has 0 saturated carbocycles. The van der Waals surface area contributed by atoms with Gasteiger partial charge in [-0.2, -0.15) is 0 Å². The van der Waals surface area contributed by atoms with Crippen LogP contribution in [0.5, 0.6) is 0 Å². The summed E-state index contributed by atoms with van der Waals surface area (Å²) in [5.74, 6) is 0. The average molecular weight is 111 g/mol. The summed E-state index contributed by atoms with van der Waals surface area (Å²) in [6.45, 7) is 2.57. The van der Waals surface area contributed by atoms with Crippen LogP contribution in [0.1, 0.15) is 0 Å². The standard InChI is InChI=1S/CH7B2N5/c4-2-6-1-7-3(5)8-2/h6-8H,4-5H2. The quantitative estimate of drug-likeness (QED) is 0.211. The number of rotatable bonds is 0. The van der Waals surface area contributed by atoms with Crippen LogP contribution in [0.2, 0.25) is 0 Å². The maximum absolute atomic E-state index is 5.32. The van der Waals surface area contributed by atoms with Crippen molar-refractivity contribution in [1.29, 1.82) is 0 Å². The lowest BCUT2D eigenvalue weighted by Crippen LogP contribution is -2.72. The molecule has 5 nitrogen and oxygen atoms in total. The van der Waals surface area contributed by atoms with Gasteiger partial charge < -0.3 is 26.9 Å². The Kier molecular flexibility index (Phi) is 1.87. The largest absolute Gasteiger partial charge is 0.384 e. The summed E-state index contributed by atoms with van der Waals surface area (Å²) >= 11 is 0. The monoisotopic (exact) mass is 111 g/mol. The topological polar surface area (TPSA) is 88.1 Å². The van der Waals surface area contributed by atoms with E-state index in [-0.39, 0.29) is 14.2 Å². The minimum Gasteiger partial charge on any atom is -0.342 e. The Hall–Kier alpha value is -0.0701. The zero-order valence-corrected chi connectivity index (χ0v) is 4.31. The van der Waals surface area contributed by atoms with E-state index in [1.54, 1.807) is 0 Å². The molecule has 1 rings (SSSR count). The van der Waals surface area contributed by atoms with Gasteiger partial charge >= 0.3 is 14.2 Å². The Morgan fingerprint density at radius 3 is 1.88 bits per heavy atom. The smallest absolute Gasteiger partial charge is 0.342 e. The summed E-state index contributed by atoms with van der Waals surface area (Å²) in [4.78, 5) is 0. The van der Waals surface area contributed by atoms with E-state index in [0.29, 0.717) is 0 Å². The first-order chi connectivity index (χ1) is 3.79. The van der Waals surface area contributed by atoms with E-state index < -0.39 is 0 Å². The van der Waals surface area contributed by atoms with Gasteiger partial charge in [-0.1, -0.05) is 0 Å². The van der Waals surface area contributed by atoms with E-state index in [0.717, 1.165) is 0 Å². The molecule has 1 aliphatic rings. The van der Waals surface area contributed by atoms with Crippen molar-refractivity contribution in [2.24, 2.45) is 11.3 Å². The zero-order chi connectivity index (χ0) is 5.98. The van der Waals surface area contributed by atoms with Gasteiger partial charge in [-0.3, -0.25) is 0 Å². The molecule has 0 unspecified atom stereocenters. The third kappa shape index (κ3) is 1.46. The summed E-state index contributed by atoms with van der Waals surface area (Å²) in [5, 5.41) is 8.03. The van der Waals surface area contributed by atoms with Gasteiger partial charge in [0.05, 0.1) is 0 Å². The van der Waals surface area contributed by atoms with Gasteiger partial charge in [0.25, 0.3) is 0 Å². The molecule has 2 radical (unpaired) electrons. The lowest BCUT2D eigenvalue weighted by molar-refractivity contribution is 0.916. The van der Waals surface area contributed by atoms with E-state index in [4.69, 9.17) is 11.3 Å². The summed E-state index contributed by atoms with van der Waals surface area (Å²) in [7, 11) is -0.572. The molecule has 0 aromatic rings. The fourth-order valence-corrected chi connectivity index (χ4v) is 0.474. The Labute approximate surface area is 48.8 Å². The molecule has 1 heterocycles. The van der Waals surface area contributed by atoms with Crippen LogP contribution in [0, 0.1) is 6.67 Å². The van der Waals surface area contributed by atoms with E-state index in [1.807, 2.05) is 0 Å². The predicted molar refractivity (Wildman–Crippen MR) is 32.5 cm³/mol. The van der Waals surface area contributed by atoms with Crippen molar-refractivity contribution in [1.82, 2.24) is 15.6 Å². The van der Waals surface area contributed by atoms with Crippen LogP contribution >= 0.6 is 0 Å². The molecule has 0 bridgehead atoms. The SMILES string of the molecule is NB1N[C]NB(N)N1. The number of hydrogen-bond acceptors (Lipinski definition) is 5. The summed E-state index contributed by atoms with van der Waals surface area (Å²) in [6.07, 6.45) is 0. The molecule has 1 saturated heterocycles. The fourth-order valence-electron chi connectivity index (χ4n) is 0.474. The molecular weight excluding hydrogens is 104 g/mol. The highest BCUT2D eigenvalue weighted by atomic mass is 15.2. The van der Waals surface area contributed by atoms with E-state index in [9.17, 15) is 0 Å². The van der Waals surface area contributed by atoms with Crippen molar-refractivity contribution in [3.05, 3.63) is 6.67 Å². The average Bonchev–Trinajstić information content (AvgIpc) is 1.64. The minimum absolute atomic E-state index is 0.286. The minimum atomic E-state index is -0.286. The van der Waals surface area contributed by atoms with Crippen molar-refractivity contribution in [2.75, 3.05) is 0 Å². The molecule has 1 fully saturated rings. The van der Waals surface area contributed by atoms with Crippen LogP contribution < -0.4 is 26.9 Å². The lowest BCUT2D eigenvalue weighted by Gasteiger charge is -2.20. The first-order valence-electron chi connectivity index (χ1n) is 2.32. The van der Waals surface area contributed by atoms with Crippen molar-refractivity contribution in [2.45, 2.75) is 0 Å². The van der Waals surface area contributed by atoms with Crippen LogP contribution in [0.4, 0.5) is 0 Å². The lowest BCUT2D eigenvalue weighted by atomic mass is 9.80. The number of nitrogens with one attached hydrogen (secondary N) is 3. The van der Waals surface area contributed by atoms with Gasteiger partial charge in [0.15, 0.2) is 0 Å². The second kappa shape index (κ2) is 2.47. The van der Waals surface area contributed by atoms with Crippen LogP contribution in [-0.4, -0.2) is 14.2 Å². The predicted octanol–water partition coefficient (Wildman–Crippen LogP) is -3.35. The maximum atomic E-state index is 5.32. The van der Waals surface area contributed by atoms with Crippen LogP contribution in [0.3, 0.4) is 0 Å². The maximum Gasteiger partial charge on any atom is 0.384 e. The second-order valence-electron chi connectivity index (χ2n) is 1.54. The summed E-state index contributed by atoms with van der Waals surface area (Å²) in [6, 6.07) is 0. The van der Waals surface area contributed by atoms with E-state index in [2.05, 4.69) is 22.3 Å². The van der Waals surface area contributed by atoms with E-state index in [1.165, 1.54) is 0 Å². The van der Waals surface area contributed by atoms with Crippen molar-refractivity contribution >= 4 is 14.2 Å². The molecule has 0 amide bonds. The first-order valence-corrected chi connectivity index (χ1v) is 2.32. The fraction of sp³-hybridized carbons (Fsp3) is 0. The molecule has 0 atom stereocenters. The Bertz CT molecular complexity index is 68.8. The van der Waals surface area contributed by atoms with Crippen molar-refractivity contribution < 1.29 is 0 Å². The highest BCUT2D eigenvalue weighted by molar-refractivity contribution is 6.68. The Morgan fingerprint density at radius 2 is 1.62 bits per heavy atom. The van der Waals surface area contributed by atoms with Crippen LogP contribution in [0.15, 0.2) is 0 Å². The van der Waals surface area contributed by atoms with Gasteiger partial charge in [-0.25, -0.2) is 0 Å². The Balaban J connectivity index is 2.23. The molecular formula is CH7B2N5. The molecule has 7 heteroatoms.